The van der Waals surface area contributed by atoms with E-state index in [4.69, 9.17) is 11.6 Å². The molecule has 2 heterocycles. The first-order chi connectivity index (χ1) is 8.13. The third kappa shape index (κ3) is 1.44. The number of fused-ring (bicyclic) bond motifs is 3. The molecule has 90 valence electrons. The number of nitrogens with zero attached hydrogens (tertiary/aromatic N) is 1. The first-order valence-electron chi connectivity index (χ1n) is 5.46. The quantitative estimate of drug-likeness (QED) is 0.550. The molecule has 0 aliphatic carbocycles. The summed E-state index contributed by atoms with van der Waals surface area (Å²) in [5, 5.41) is 11.0. The van der Waals surface area contributed by atoms with E-state index in [1.165, 1.54) is 5.56 Å². The lowest BCUT2D eigenvalue weighted by atomic mass is 9.99. The Balaban J connectivity index is 2.41. The average Bonchev–Trinajstić information content (AvgIpc) is 2.82. The summed E-state index contributed by atoms with van der Waals surface area (Å²) >= 11 is 10.5. The van der Waals surface area contributed by atoms with Crippen LogP contribution in [0.15, 0.2) is 17.2 Å². The molecule has 3 rings (SSSR count). The maximum absolute atomic E-state index is 10.0. The van der Waals surface area contributed by atoms with Crippen molar-refractivity contribution < 1.29 is 5.11 Å². The summed E-state index contributed by atoms with van der Waals surface area (Å²) in [6.45, 7) is 0.885. The fourth-order valence-electron chi connectivity index (χ4n) is 2.67. The van der Waals surface area contributed by atoms with Crippen molar-refractivity contribution in [1.82, 2.24) is 4.98 Å². The van der Waals surface area contributed by atoms with Crippen LogP contribution in [0.25, 0.3) is 10.9 Å². The van der Waals surface area contributed by atoms with Gasteiger partial charge in [0.25, 0.3) is 0 Å². The van der Waals surface area contributed by atoms with Gasteiger partial charge in [0.1, 0.15) is 5.75 Å². The van der Waals surface area contributed by atoms with Gasteiger partial charge in [-0.25, -0.2) is 0 Å². The number of aromatic hydroxyl groups is 1. The number of phenolic OH excluding ortho intramolecular Hbond substituents is 1. The Hall–Kier alpha value is -1.00. The van der Waals surface area contributed by atoms with Gasteiger partial charge in [-0.05, 0) is 5.56 Å². The maximum Gasteiger partial charge on any atom is 0.141 e. The lowest BCUT2D eigenvalue weighted by Crippen LogP contribution is -2.15. The third-order valence-electron chi connectivity index (χ3n) is 3.43. The van der Waals surface area contributed by atoms with Gasteiger partial charge in [0, 0.05) is 53.6 Å². The van der Waals surface area contributed by atoms with E-state index in [0.29, 0.717) is 11.8 Å². The molecule has 5 heteroatoms. The summed E-state index contributed by atoms with van der Waals surface area (Å²) in [6.07, 6.45) is 1.80. The highest BCUT2D eigenvalue weighted by Crippen LogP contribution is 2.46. The van der Waals surface area contributed by atoms with Crippen molar-refractivity contribution in [3.05, 3.63) is 17.8 Å². The van der Waals surface area contributed by atoms with E-state index in [0.717, 1.165) is 28.0 Å². The van der Waals surface area contributed by atoms with Crippen LogP contribution in [0, 0.1) is 0 Å². The van der Waals surface area contributed by atoms with Crippen LogP contribution in [0.1, 0.15) is 11.5 Å². The van der Waals surface area contributed by atoms with Crippen molar-refractivity contribution in [3.8, 4) is 5.75 Å². The summed E-state index contributed by atoms with van der Waals surface area (Å²) in [7, 11) is 2.02. The van der Waals surface area contributed by atoms with Crippen molar-refractivity contribution >= 4 is 40.8 Å². The molecule has 1 aliphatic heterocycles. The van der Waals surface area contributed by atoms with Gasteiger partial charge >= 0.3 is 0 Å². The van der Waals surface area contributed by atoms with Crippen LogP contribution in [0.2, 0.25) is 0 Å². The van der Waals surface area contributed by atoms with E-state index >= 15 is 0 Å². The molecule has 1 unspecified atom stereocenters. The van der Waals surface area contributed by atoms with Gasteiger partial charge in [-0.2, -0.15) is 0 Å². The molecular formula is C12H13ClN2OS. The Labute approximate surface area is 110 Å². The van der Waals surface area contributed by atoms with E-state index in [-0.39, 0.29) is 5.75 Å². The monoisotopic (exact) mass is 268 g/mol. The number of anilines is 1. The van der Waals surface area contributed by atoms with Crippen LogP contribution >= 0.6 is 24.2 Å². The smallest absolute Gasteiger partial charge is 0.141 e. The molecule has 1 aromatic heterocycles. The molecule has 0 bridgehead atoms. The van der Waals surface area contributed by atoms with Gasteiger partial charge in [-0.3, -0.25) is 0 Å². The van der Waals surface area contributed by atoms with Crippen molar-refractivity contribution in [3.63, 3.8) is 0 Å². The predicted molar refractivity (Wildman–Crippen MR) is 73.9 cm³/mol. The second-order valence-electron chi connectivity index (χ2n) is 4.48. The first-order valence-corrected chi connectivity index (χ1v) is 6.44. The van der Waals surface area contributed by atoms with E-state index in [9.17, 15) is 5.11 Å². The Kier molecular flexibility index (Phi) is 2.45. The van der Waals surface area contributed by atoms with E-state index < -0.39 is 0 Å². The third-order valence-corrected chi connectivity index (χ3v) is 4.16. The molecule has 0 saturated heterocycles. The highest BCUT2D eigenvalue weighted by Gasteiger charge is 2.30. The normalized spacial score (nSPS) is 19.0. The molecule has 0 saturated carbocycles. The Morgan fingerprint density at radius 2 is 2.41 bits per heavy atom. The Bertz CT molecular complexity index is 596. The predicted octanol–water partition coefficient (Wildman–Crippen LogP) is 2.93. The highest BCUT2D eigenvalue weighted by molar-refractivity contribution is 7.80. The highest BCUT2D eigenvalue weighted by atomic mass is 35.5. The molecule has 0 fully saturated rings. The summed E-state index contributed by atoms with van der Waals surface area (Å²) in [5.74, 6) is 1.14. The summed E-state index contributed by atoms with van der Waals surface area (Å²) in [4.78, 5) is 6.04. The van der Waals surface area contributed by atoms with E-state index in [1.807, 2.05) is 7.05 Å². The lowest BCUT2D eigenvalue weighted by Gasteiger charge is -2.12. The topological polar surface area (TPSA) is 39.3 Å². The van der Waals surface area contributed by atoms with Crippen LogP contribution in [0.5, 0.6) is 5.75 Å². The number of benzene rings is 1. The number of likely N-dealkylation sites (N-methyl/N-ethyl adjacent to an activating group) is 1. The van der Waals surface area contributed by atoms with Crippen LogP contribution in [0.3, 0.4) is 0 Å². The van der Waals surface area contributed by atoms with Gasteiger partial charge < -0.3 is 15.0 Å². The number of halogens is 1. The molecule has 1 aromatic carbocycles. The molecule has 2 aromatic rings. The van der Waals surface area contributed by atoms with Crippen molar-refractivity contribution in [2.75, 3.05) is 24.4 Å². The zero-order valence-corrected chi connectivity index (χ0v) is 11.0. The number of rotatable bonds is 1. The Morgan fingerprint density at radius 1 is 1.65 bits per heavy atom. The minimum absolute atomic E-state index is 0.265. The maximum atomic E-state index is 10.0. The molecule has 2 N–H and O–H groups in total. The standard InChI is InChI=1S/C12H13ClN2OS/c1-15-5-6(3-13)10-7(15)2-8(16)12-11(10)9(17)4-14-12/h2,4,6,14,16-17H,3,5H2,1H3. The van der Waals surface area contributed by atoms with Crippen LogP contribution in [0.4, 0.5) is 5.69 Å². The summed E-state index contributed by atoms with van der Waals surface area (Å²) < 4.78 is 0. The van der Waals surface area contributed by atoms with Gasteiger partial charge in [-0.15, -0.1) is 24.2 Å². The minimum atomic E-state index is 0.265. The van der Waals surface area contributed by atoms with Crippen molar-refractivity contribution in [2.45, 2.75) is 10.8 Å². The van der Waals surface area contributed by atoms with Crippen LogP contribution in [-0.2, 0) is 0 Å². The number of aromatic amines is 1. The second-order valence-corrected chi connectivity index (χ2v) is 5.27. The molecule has 3 nitrogen and oxygen atoms in total. The largest absolute Gasteiger partial charge is 0.506 e. The number of hydrogen-bond acceptors (Lipinski definition) is 3. The SMILES string of the molecule is CN1CC(CCl)c2c1cc(O)c1[nH]cc(S)c21. The number of nitrogens with one attached hydrogen (secondary N) is 1. The first kappa shape index (κ1) is 11.1. The number of phenols is 1. The zero-order chi connectivity index (χ0) is 12.2. The molecule has 17 heavy (non-hydrogen) atoms. The van der Waals surface area contributed by atoms with Crippen LogP contribution < -0.4 is 4.90 Å². The van der Waals surface area contributed by atoms with Crippen molar-refractivity contribution in [1.29, 1.82) is 0 Å². The molecule has 0 amide bonds. The molecule has 0 spiro atoms. The molecule has 1 atom stereocenters. The van der Waals surface area contributed by atoms with E-state index in [2.05, 4.69) is 22.5 Å². The fourth-order valence-corrected chi connectivity index (χ4v) is 3.22. The number of hydrogen-bond donors (Lipinski definition) is 3. The molecular weight excluding hydrogens is 256 g/mol. The van der Waals surface area contributed by atoms with Gasteiger partial charge in [0.15, 0.2) is 0 Å². The number of aromatic nitrogens is 1. The number of H-pyrrole nitrogens is 1. The average molecular weight is 269 g/mol. The number of alkyl halides is 1. The zero-order valence-electron chi connectivity index (χ0n) is 9.37. The van der Waals surface area contributed by atoms with Gasteiger partial charge in [-0.1, -0.05) is 0 Å². The van der Waals surface area contributed by atoms with Crippen LogP contribution in [-0.4, -0.2) is 29.6 Å². The number of thiol groups is 1. The molecule has 0 radical (unpaired) electrons. The van der Waals surface area contributed by atoms with Gasteiger partial charge in [0.05, 0.1) is 5.52 Å². The summed E-state index contributed by atoms with van der Waals surface area (Å²) in [5.41, 5.74) is 3.00. The fraction of sp³-hybridized carbons (Fsp3) is 0.333. The summed E-state index contributed by atoms with van der Waals surface area (Å²) in [6, 6.07) is 1.80. The van der Waals surface area contributed by atoms with E-state index in [1.54, 1.807) is 12.3 Å². The van der Waals surface area contributed by atoms with Gasteiger partial charge in [0.2, 0.25) is 0 Å². The minimum Gasteiger partial charge on any atom is -0.506 e. The molecule has 1 aliphatic rings. The second kappa shape index (κ2) is 3.75. The van der Waals surface area contributed by atoms with Crippen molar-refractivity contribution in [2.24, 2.45) is 0 Å². The Morgan fingerprint density at radius 3 is 3.12 bits per heavy atom. The lowest BCUT2D eigenvalue weighted by molar-refractivity contribution is 0.480.